The standard InChI is InChI=1S/C68H41N5/c1-2-21-46(22-3-1)71-61-32-13-8-25-52(61)66-53(27-16-34-63(66)71)68-67(69-57-28-9-10-29-58(57)70-68)51-26-14-19-44-37-47(35-36-48(44)51)72-59-30-11-6-23-49(59)56-39-45-20-15-33-62(54(45)41-65(56)72)73-60-31-12-7-24-50(60)55-38-42-17-4-5-18-43(42)40-64(55)73/h1-41H. The molecule has 73 heavy (non-hydrogen) atoms. The Labute approximate surface area is 418 Å². The molecule has 0 fully saturated rings. The molecule has 12 aromatic carbocycles. The van der Waals surface area contributed by atoms with Crippen molar-refractivity contribution in [2.75, 3.05) is 0 Å². The van der Waals surface area contributed by atoms with E-state index in [9.17, 15) is 0 Å². The van der Waals surface area contributed by atoms with Crippen LogP contribution in [-0.2, 0) is 0 Å². The Hall–Kier alpha value is -9.84. The summed E-state index contributed by atoms with van der Waals surface area (Å²) in [5, 5.41) is 14.4. The topological polar surface area (TPSA) is 40.6 Å². The maximum atomic E-state index is 5.51. The molecular formula is C68H41N5. The minimum absolute atomic E-state index is 0.856. The van der Waals surface area contributed by atoms with Crippen molar-refractivity contribution in [1.82, 2.24) is 23.7 Å². The smallest absolute Gasteiger partial charge is 0.0980 e. The highest BCUT2D eigenvalue weighted by atomic mass is 15.0. The van der Waals surface area contributed by atoms with Crippen LogP contribution in [0.5, 0.6) is 0 Å². The van der Waals surface area contributed by atoms with E-state index in [1.165, 1.54) is 65.0 Å². The van der Waals surface area contributed by atoms with Gasteiger partial charge < -0.3 is 13.7 Å². The molecule has 5 heteroatoms. The zero-order valence-corrected chi connectivity index (χ0v) is 39.4. The molecule has 0 atom stereocenters. The maximum absolute atomic E-state index is 5.51. The number of benzene rings is 12. The monoisotopic (exact) mass is 927 g/mol. The van der Waals surface area contributed by atoms with Gasteiger partial charge in [-0.05, 0) is 118 Å². The van der Waals surface area contributed by atoms with Gasteiger partial charge in [-0.2, -0.15) is 0 Å². The molecule has 0 aliphatic rings. The van der Waals surface area contributed by atoms with Crippen LogP contribution in [-0.4, -0.2) is 23.7 Å². The Morgan fingerprint density at radius 3 is 1.51 bits per heavy atom. The number of para-hydroxylation sites is 6. The van der Waals surface area contributed by atoms with Gasteiger partial charge in [0, 0.05) is 60.2 Å². The molecule has 0 saturated heterocycles. The van der Waals surface area contributed by atoms with Crippen LogP contribution >= 0.6 is 0 Å². The quantitative estimate of drug-likeness (QED) is 0.173. The summed E-state index contributed by atoms with van der Waals surface area (Å²) in [5.41, 5.74) is 15.9. The van der Waals surface area contributed by atoms with Crippen LogP contribution in [0.3, 0.4) is 0 Å². The fraction of sp³-hybridized carbons (Fsp3) is 0. The third kappa shape index (κ3) is 5.85. The van der Waals surface area contributed by atoms with Gasteiger partial charge in [0.05, 0.1) is 61.2 Å². The second kappa shape index (κ2) is 15.3. The lowest BCUT2D eigenvalue weighted by molar-refractivity contribution is 1.18. The summed E-state index contributed by atoms with van der Waals surface area (Å²) in [6, 6.07) is 90.4. The fourth-order valence-corrected chi connectivity index (χ4v) is 12.2. The van der Waals surface area contributed by atoms with Crippen molar-refractivity contribution < 1.29 is 0 Å². The molecule has 16 aromatic rings. The van der Waals surface area contributed by atoms with Crippen molar-refractivity contribution in [3.05, 3.63) is 249 Å². The molecule has 338 valence electrons. The molecule has 0 radical (unpaired) electrons. The molecule has 0 saturated carbocycles. The van der Waals surface area contributed by atoms with E-state index >= 15 is 0 Å². The van der Waals surface area contributed by atoms with Crippen LogP contribution in [0, 0.1) is 0 Å². The first-order valence-electron chi connectivity index (χ1n) is 25.0. The van der Waals surface area contributed by atoms with Crippen LogP contribution in [0.15, 0.2) is 249 Å². The van der Waals surface area contributed by atoms with Crippen molar-refractivity contribution in [3.63, 3.8) is 0 Å². The first-order chi connectivity index (χ1) is 36.2. The van der Waals surface area contributed by atoms with Gasteiger partial charge in [0.15, 0.2) is 0 Å². The average molecular weight is 928 g/mol. The molecule has 5 nitrogen and oxygen atoms in total. The van der Waals surface area contributed by atoms with Crippen LogP contribution in [0.2, 0.25) is 0 Å². The van der Waals surface area contributed by atoms with E-state index in [4.69, 9.17) is 9.97 Å². The first-order valence-corrected chi connectivity index (χ1v) is 25.0. The van der Waals surface area contributed by atoms with Crippen molar-refractivity contribution in [3.8, 4) is 39.6 Å². The summed E-state index contributed by atoms with van der Waals surface area (Å²) in [7, 11) is 0. The molecule has 0 bridgehead atoms. The molecule has 0 amide bonds. The second-order valence-corrected chi connectivity index (χ2v) is 19.3. The van der Waals surface area contributed by atoms with Crippen molar-refractivity contribution in [2.24, 2.45) is 0 Å². The van der Waals surface area contributed by atoms with Crippen LogP contribution in [0.25, 0.3) is 148 Å². The lowest BCUT2D eigenvalue weighted by Gasteiger charge is -2.16. The molecule has 16 rings (SSSR count). The SMILES string of the molecule is c1ccc(-n2c3ccccc3c3c(-c4nc5ccccc5nc4-c4cccc5cc(-n6c7ccccc7c7cc8cccc(-n9c%10ccccc%10c%10cc%11ccccc%11cc%109)c8cc76)ccc45)cccc32)cc1. The normalized spacial score (nSPS) is 12.1. The van der Waals surface area contributed by atoms with E-state index in [0.717, 1.165) is 83.3 Å². The summed E-state index contributed by atoms with van der Waals surface area (Å²) in [4.78, 5) is 11.0. The molecule has 0 aliphatic carbocycles. The van der Waals surface area contributed by atoms with E-state index in [2.05, 4.69) is 250 Å². The summed E-state index contributed by atoms with van der Waals surface area (Å²) in [6.07, 6.45) is 0. The molecule has 0 N–H and O–H groups in total. The van der Waals surface area contributed by atoms with E-state index in [1.54, 1.807) is 0 Å². The highest BCUT2D eigenvalue weighted by Crippen LogP contribution is 2.44. The summed E-state index contributed by atoms with van der Waals surface area (Å²) < 4.78 is 7.30. The van der Waals surface area contributed by atoms with Gasteiger partial charge in [0.25, 0.3) is 0 Å². The molecule has 0 aliphatic heterocycles. The van der Waals surface area contributed by atoms with E-state index in [1.807, 2.05) is 12.1 Å². The lowest BCUT2D eigenvalue weighted by Crippen LogP contribution is -1.98. The summed E-state index contributed by atoms with van der Waals surface area (Å²) >= 11 is 0. The van der Waals surface area contributed by atoms with Crippen molar-refractivity contribution in [2.45, 2.75) is 0 Å². The minimum Gasteiger partial charge on any atom is -0.309 e. The number of hydrogen-bond donors (Lipinski definition) is 0. The van der Waals surface area contributed by atoms with Crippen molar-refractivity contribution in [1.29, 1.82) is 0 Å². The molecule has 0 spiro atoms. The van der Waals surface area contributed by atoms with Gasteiger partial charge in [0.1, 0.15) is 0 Å². The lowest BCUT2D eigenvalue weighted by atomic mass is 9.95. The molecule has 4 heterocycles. The van der Waals surface area contributed by atoms with Gasteiger partial charge in [-0.3, -0.25) is 0 Å². The number of nitrogens with zero attached hydrogens (tertiary/aromatic N) is 5. The Bertz CT molecular complexity index is 4980. The number of hydrogen-bond acceptors (Lipinski definition) is 2. The highest BCUT2D eigenvalue weighted by Gasteiger charge is 2.23. The van der Waals surface area contributed by atoms with Gasteiger partial charge in [-0.25, -0.2) is 9.97 Å². The molecule has 4 aromatic heterocycles. The number of rotatable bonds is 5. The summed E-state index contributed by atoms with van der Waals surface area (Å²) in [5.74, 6) is 0. The minimum atomic E-state index is 0.856. The van der Waals surface area contributed by atoms with E-state index < -0.39 is 0 Å². The second-order valence-electron chi connectivity index (χ2n) is 19.3. The van der Waals surface area contributed by atoms with Crippen LogP contribution in [0.1, 0.15) is 0 Å². The Balaban J connectivity index is 0.912. The van der Waals surface area contributed by atoms with E-state index in [-0.39, 0.29) is 0 Å². The Morgan fingerprint density at radius 1 is 0.247 bits per heavy atom. The third-order valence-corrected chi connectivity index (χ3v) is 15.3. The van der Waals surface area contributed by atoms with Gasteiger partial charge in [0.2, 0.25) is 0 Å². The Kier molecular flexibility index (Phi) is 8.39. The van der Waals surface area contributed by atoms with Crippen LogP contribution < -0.4 is 0 Å². The molecule has 0 unspecified atom stereocenters. The summed E-state index contributed by atoms with van der Waals surface area (Å²) in [6.45, 7) is 0. The van der Waals surface area contributed by atoms with Gasteiger partial charge in [-0.15, -0.1) is 0 Å². The fourth-order valence-electron chi connectivity index (χ4n) is 12.2. The predicted octanol–water partition coefficient (Wildman–Crippen LogP) is 17.7. The van der Waals surface area contributed by atoms with E-state index in [0.29, 0.717) is 0 Å². The molecular weight excluding hydrogens is 887 g/mol. The predicted molar refractivity (Wildman–Crippen MR) is 306 cm³/mol. The van der Waals surface area contributed by atoms with Gasteiger partial charge >= 0.3 is 0 Å². The zero-order chi connectivity index (χ0) is 47.7. The van der Waals surface area contributed by atoms with Gasteiger partial charge in [-0.1, -0.05) is 158 Å². The van der Waals surface area contributed by atoms with Crippen molar-refractivity contribution >= 4 is 109 Å². The Morgan fingerprint density at radius 2 is 0.753 bits per heavy atom. The average Bonchev–Trinajstić information content (AvgIpc) is 4.10. The largest absolute Gasteiger partial charge is 0.309 e. The number of aromatic nitrogens is 5. The highest BCUT2D eigenvalue weighted by molar-refractivity contribution is 6.19. The third-order valence-electron chi connectivity index (χ3n) is 15.3. The zero-order valence-electron chi connectivity index (χ0n) is 39.4. The number of fused-ring (bicyclic) bond motifs is 13. The van der Waals surface area contributed by atoms with Crippen LogP contribution in [0.4, 0.5) is 0 Å². The first kappa shape index (κ1) is 39.9. The maximum Gasteiger partial charge on any atom is 0.0980 e.